The first kappa shape index (κ1) is 12.9. The Morgan fingerprint density at radius 2 is 1.57 bits per heavy atom. The van der Waals surface area contributed by atoms with Crippen molar-refractivity contribution < 1.29 is 19.1 Å². The number of methoxy groups -OCH3 is 1. The van der Waals surface area contributed by atoms with Crippen LogP contribution in [0.15, 0.2) is 0 Å². The lowest BCUT2D eigenvalue weighted by Gasteiger charge is -2.16. The van der Waals surface area contributed by atoms with E-state index in [1.807, 2.05) is 20.8 Å². The van der Waals surface area contributed by atoms with E-state index in [-0.39, 0.29) is 36.8 Å². The van der Waals surface area contributed by atoms with Crippen molar-refractivity contribution in [2.45, 2.75) is 39.7 Å². The van der Waals surface area contributed by atoms with Gasteiger partial charge in [0.2, 0.25) is 0 Å². The fraction of sp³-hybridized carbons (Fsp3) is 0.800. The molecule has 0 fully saturated rings. The second kappa shape index (κ2) is 6.40. The van der Waals surface area contributed by atoms with Crippen LogP contribution in [0.3, 0.4) is 0 Å². The van der Waals surface area contributed by atoms with Crippen molar-refractivity contribution in [2.24, 2.45) is 5.92 Å². The molecule has 4 heteroatoms. The fourth-order valence-electron chi connectivity index (χ4n) is 0.709. The van der Waals surface area contributed by atoms with E-state index < -0.39 is 0 Å². The van der Waals surface area contributed by atoms with E-state index in [9.17, 15) is 9.59 Å². The van der Waals surface area contributed by atoms with E-state index in [1.165, 1.54) is 7.11 Å². The van der Waals surface area contributed by atoms with Gasteiger partial charge < -0.3 is 9.47 Å². The van der Waals surface area contributed by atoms with Crippen molar-refractivity contribution in [2.75, 3.05) is 7.11 Å². The molecule has 0 saturated carbocycles. The molecule has 0 aromatic carbocycles. The molecule has 0 aliphatic heterocycles. The molecule has 0 rings (SSSR count). The molecule has 82 valence electrons. The molecular weight excluding hydrogens is 184 g/mol. The summed E-state index contributed by atoms with van der Waals surface area (Å²) in [4.78, 5) is 21.9. The van der Waals surface area contributed by atoms with E-state index >= 15 is 0 Å². The zero-order chi connectivity index (χ0) is 11.1. The van der Waals surface area contributed by atoms with Crippen molar-refractivity contribution in [1.82, 2.24) is 0 Å². The van der Waals surface area contributed by atoms with Crippen molar-refractivity contribution >= 4 is 11.9 Å². The molecule has 0 amide bonds. The van der Waals surface area contributed by atoms with Crippen molar-refractivity contribution in [1.29, 1.82) is 0 Å². The van der Waals surface area contributed by atoms with E-state index in [2.05, 4.69) is 4.74 Å². The maximum Gasteiger partial charge on any atom is 0.306 e. The van der Waals surface area contributed by atoms with Crippen molar-refractivity contribution in [3.63, 3.8) is 0 Å². The second-order valence-corrected chi connectivity index (χ2v) is 3.52. The molecule has 1 atom stereocenters. The quantitative estimate of drug-likeness (QED) is 0.634. The molecule has 0 aliphatic rings. The first-order valence-corrected chi connectivity index (χ1v) is 4.73. The Kier molecular flexibility index (Phi) is 5.92. The van der Waals surface area contributed by atoms with Gasteiger partial charge in [-0.25, -0.2) is 0 Å². The molecule has 0 aromatic heterocycles. The van der Waals surface area contributed by atoms with E-state index in [1.54, 1.807) is 0 Å². The van der Waals surface area contributed by atoms with Gasteiger partial charge in [0.25, 0.3) is 0 Å². The molecule has 4 nitrogen and oxygen atoms in total. The molecule has 0 aliphatic carbocycles. The third-order valence-corrected chi connectivity index (χ3v) is 2.02. The summed E-state index contributed by atoms with van der Waals surface area (Å²) in [5, 5.41) is 0. The second-order valence-electron chi connectivity index (χ2n) is 3.52. The SMILES string of the molecule is COC(=O)CCC(=O)OC(C)C(C)C. The Hall–Kier alpha value is -1.06. The Labute approximate surface area is 84.6 Å². The van der Waals surface area contributed by atoms with Crippen LogP contribution in [0.1, 0.15) is 33.6 Å². The maximum atomic E-state index is 11.1. The third kappa shape index (κ3) is 5.56. The highest BCUT2D eigenvalue weighted by molar-refractivity contribution is 5.77. The summed E-state index contributed by atoms with van der Waals surface area (Å²) >= 11 is 0. The van der Waals surface area contributed by atoms with Crippen LogP contribution in [0.4, 0.5) is 0 Å². The predicted molar refractivity (Wildman–Crippen MR) is 51.6 cm³/mol. The van der Waals surface area contributed by atoms with Crippen LogP contribution in [0.5, 0.6) is 0 Å². The Bertz CT molecular complexity index is 198. The van der Waals surface area contributed by atoms with Gasteiger partial charge in [0.05, 0.1) is 20.0 Å². The molecule has 0 bridgehead atoms. The molecule has 0 heterocycles. The highest BCUT2D eigenvalue weighted by Crippen LogP contribution is 2.07. The van der Waals surface area contributed by atoms with Gasteiger partial charge in [-0.05, 0) is 12.8 Å². The van der Waals surface area contributed by atoms with Gasteiger partial charge in [0.1, 0.15) is 6.10 Å². The summed E-state index contributed by atoms with van der Waals surface area (Å²) in [5.74, 6) is -0.451. The van der Waals surface area contributed by atoms with Crippen molar-refractivity contribution in [3.8, 4) is 0 Å². The van der Waals surface area contributed by atoms with Gasteiger partial charge in [-0.2, -0.15) is 0 Å². The molecule has 14 heavy (non-hydrogen) atoms. The molecule has 1 unspecified atom stereocenters. The zero-order valence-corrected chi connectivity index (χ0v) is 9.20. The van der Waals surface area contributed by atoms with Crippen molar-refractivity contribution in [3.05, 3.63) is 0 Å². The fourth-order valence-corrected chi connectivity index (χ4v) is 0.709. The molecular formula is C10H18O4. The van der Waals surface area contributed by atoms with Gasteiger partial charge in [-0.15, -0.1) is 0 Å². The van der Waals surface area contributed by atoms with E-state index in [4.69, 9.17) is 4.74 Å². The minimum absolute atomic E-state index is 0.0835. The largest absolute Gasteiger partial charge is 0.469 e. The Morgan fingerprint density at radius 1 is 1.07 bits per heavy atom. The number of ether oxygens (including phenoxy) is 2. The molecule has 0 N–H and O–H groups in total. The summed E-state index contributed by atoms with van der Waals surface area (Å²) in [6.45, 7) is 5.78. The smallest absolute Gasteiger partial charge is 0.306 e. The van der Waals surface area contributed by atoms with Gasteiger partial charge in [-0.1, -0.05) is 13.8 Å². The van der Waals surface area contributed by atoms with E-state index in [0.717, 1.165) is 0 Å². The number of hydrogen-bond donors (Lipinski definition) is 0. The average Bonchev–Trinajstić information content (AvgIpc) is 2.13. The van der Waals surface area contributed by atoms with Crippen LogP contribution in [0.25, 0.3) is 0 Å². The van der Waals surface area contributed by atoms with Crippen LogP contribution in [0.2, 0.25) is 0 Å². The van der Waals surface area contributed by atoms with Crippen LogP contribution < -0.4 is 0 Å². The maximum absolute atomic E-state index is 11.1. The van der Waals surface area contributed by atoms with E-state index in [0.29, 0.717) is 0 Å². The predicted octanol–water partition coefficient (Wildman–Crippen LogP) is 1.53. The minimum Gasteiger partial charge on any atom is -0.469 e. The third-order valence-electron chi connectivity index (χ3n) is 2.02. The topological polar surface area (TPSA) is 52.6 Å². The van der Waals surface area contributed by atoms with Crippen LogP contribution in [-0.4, -0.2) is 25.2 Å². The Balaban J connectivity index is 3.71. The summed E-state index contributed by atoms with van der Waals surface area (Å²) in [6.07, 6.45) is 0.0595. The average molecular weight is 202 g/mol. The lowest BCUT2D eigenvalue weighted by Crippen LogP contribution is -2.20. The monoisotopic (exact) mass is 202 g/mol. The zero-order valence-electron chi connectivity index (χ0n) is 9.20. The number of carbonyl (C=O) groups is 2. The lowest BCUT2D eigenvalue weighted by molar-refractivity contribution is -0.153. The number of esters is 2. The molecule has 0 aromatic rings. The summed E-state index contributed by atoms with van der Waals surface area (Å²) < 4.78 is 9.47. The highest BCUT2D eigenvalue weighted by atomic mass is 16.5. The number of hydrogen-bond acceptors (Lipinski definition) is 4. The minimum atomic E-state index is -0.390. The van der Waals surface area contributed by atoms with Crippen LogP contribution >= 0.6 is 0 Å². The summed E-state index contributed by atoms with van der Waals surface area (Å²) in [7, 11) is 1.30. The standard InChI is InChI=1S/C10H18O4/c1-7(2)8(3)14-10(12)6-5-9(11)13-4/h7-8H,5-6H2,1-4H3. The number of carbonyl (C=O) groups excluding carboxylic acids is 2. The first-order chi connectivity index (χ1) is 6.47. The molecule has 0 saturated heterocycles. The van der Waals surface area contributed by atoms with Gasteiger partial charge >= 0.3 is 11.9 Å². The first-order valence-electron chi connectivity index (χ1n) is 4.73. The summed E-state index contributed by atoms with van der Waals surface area (Å²) in [6, 6.07) is 0. The van der Waals surface area contributed by atoms with Gasteiger partial charge in [-0.3, -0.25) is 9.59 Å². The Morgan fingerprint density at radius 3 is 2.00 bits per heavy atom. The van der Waals surface area contributed by atoms with Crippen LogP contribution in [-0.2, 0) is 19.1 Å². The highest BCUT2D eigenvalue weighted by Gasteiger charge is 2.14. The normalized spacial score (nSPS) is 12.4. The molecule has 0 spiro atoms. The lowest BCUT2D eigenvalue weighted by atomic mass is 10.1. The van der Waals surface area contributed by atoms with Gasteiger partial charge in [0.15, 0.2) is 0 Å². The van der Waals surface area contributed by atoms with Crippen LogP contribution in [0, 0.1) is 5.92 Å². The number of rotatable bonds is 5. The summed E-state index contributed by atoms with van der Waals surface area (Å²) in [5.41, 5.74) is 0. The molecule has 0 radical (unpaired) electrons. The van der Waals surface area contributed by atoms with Gasteiger partial charge in [0, 0.05) is 0 Å².